The van der Waals surface area contributed by atoms with Crippen LogP contribution in [0, 0.1) is 0 Å². The van der Waals surface area contributed by atoms with Gasteiger partial charge in [0, 0.05) is 11.4 Å². The molecular weight excluding hydrogens is 313 g/mol. The molecule has 0 aliphatic heterocycles. The number of nitrogens with two attached hydrogens (primary N) is 1. The van der Waals surface area contributed by atoms with Crippen LogP contribution in [0.2, 0.25) is 0 Å². The van der Waals surface area contributed by atoms with Crippen LogP contribution < -0.4 is 14.4 Å². The van der Waals surface area contributed by atoms with E-state index in [-0.39, 0.29) is 0 Å². The van der Waals surface area contributed by atoms with Crippen LogP contribution in [0.1, 0.15) is 0 Å². The van der Waals surface area contributed by atoms with Crippen molar-refractivity contribution in [2.75, 3.05) is 8.54 Å². The summed E-state index contributed by atoms with van der Waals surface area (Å²) >= 11 is 2.03. The van der Waals surface area contributed by atoms with Gasteiger partial charge in [-0.05, 0) is 36.4 Å². The Morgan fingerprint density at radius 2 is 1.44 bits per heavy atom. The molecular formula is C12H12IN3. The number of benzene rings is 2. The Hall–Kier alpha value is -1.27. The van der Waals surface area contributed by atoms with Gasteiger partial charge in [0.05, 0.1) is 28.6 Å². The second-order valence-electron chi connectivity index (χ2n) is 3.35. The molecule has 0 aliphatic rings. The van der Waals surface area contributed by atoms with Crippen LogP contribution in [0.15, 0.2) is 54.6 Å². The number of nitrogens with zero attached hydrogens (tertiary/aromatic N) is 1. The molecule has 2 aromatic rings. The molecule has 3 nitrogen and oxygen atoms in total. The van der Waals surface area contributed by atoms with Gasteiger partial charge in [-0.3, -0.25) is 3.22 Å². The fourth-order valence-electron chi connectivity index (χ4n) is 1.38. The van der Waals surface area contributed by atoms with E-state index >= 15 is 0 Å². The van der Waals surface area contributed by atoms with Gasteiger partial charge in [0.25, 0.3) is 0 Å². The Morgan fingerprint density at radius 1 is 0.875 bits per heavy atom. The van der Waals surface area contributed by atoms with E-state index in [0.29, 0.717) is 0 Å². The quantitative estimate of drug-likeness (QED) is 0.393. The summed E-state index contributed by atoms with van der Waals surface area (Å²) in [6.07, 6.45) is 0. The van der Waals surface area contributed by atoms with Crippen LogP contribution in [0.4, 0.5) is 17.1 Å². The number of rotatable bonds is 3. The van der Waals surface area contributed by atoms with E-state index < -0.39 is 0 Å². The predicted octanol–water partition coefficient (Wildman–Crippen LogP) is 3.46. The van der Waals surface area contributed by atoms with Crippen molar-refractivity contribution >= 4 is 39.9 Å². The Labute approximate surface area is 109 Å². The van der Waals surface area contributed by atoms with E-state index in [4.69, 9.17) is 5.84 Å². The first-order valence-corrected chi connectivity index (χ1v) is 5.85. The Morgan fingerprint density at radius 3 is 2.00 bits per heavy atom. The molecule has 2 rings (SSSR count). The van der Waals surface area contributed by atoms with Crippen LogP contribution in [-0.4, -0.2) is 0 Å². The summed E-state index contributed by atoms with van der Waals surface area (Å²) in [5.74, 6) is 5.62. The molecule has 2 aromatic carbocycles. The Balaban J connectivity index is 2.11. The molecule has 3 N–H and O–H groups in total. The minimum Gasteiger partial charge on any atom is -0.356 e. The van der Waals surface area contributed by atoms with Crippen molar-refractivity contribution in [3.05, 3.63) is 54.6 Å². The van der Waals surface area contributed by atoms with Crippen molar-refractivity contribution in [2.24, 2.45) is 5.84 Å². The number of halogens is 1. The first-order valence-electron chi connectivity index (χ1n) is 4.88. The lowest BCUT2D eigenvalue weighted by atomic mass is 10.2. The molecule has 0 amide bonds. The molecule has 0 saturated heterocycles. The zero-order chi connectivity index (χ0) is 11.4. The number of hydrogen-bond acceptors (Lipinski definition) is 3. The van der Waals surface area contributed by atoms with Crippen LogP contribution in [0.5, 0.6) is 0 Å². The Kier molecular flexibility index (Phi) is 3.63. The molecule has 0 aliphatic carbocycles. The molecule has 82 valence electrons. The summed E-state index contributed by atoms with van der Waals surface area (Å²) in [5.41, 5.74) is 3.10. The molecule has 0 atom stereocenters. The molecule has 0 spiro atoms. The van der Waals surface area contributed by atoms with Crippen LogP contribution in [0.3, 0.4) is 0 Å². The lowest BCUT2D eigenvalue weighted by Crippen LogP contribution is -2.16. The van der Waals surface area contributed by atoms with Crippen molar-refractivity contribution in [1.82, 2.24) is 0 Å². The number of hydrogen-bond donors (Lipinski definition) is 2. The van der Waals surface area contributed by atoms with Crippen molar-refractivity contribution in [3.8, 4) is 0 Å². The molecule has 0 bridgehead atoms. The summed E-state index contributed by atoms with van der Waals surface area (Å²) in [5, 5.41) is 3.31. The second-order valence-corrected chi connectivity index (χ2v) is 4.39. The van der Waals surface area contributed by atoms with Gasteiger partial charge in [0.15, 0.2) is 0 Å². The molecule has 0 saturated carbocycles. The number of hydrazine groups is 1. The summed E-state index contributed by atoms with van der Waals surface area (Å²) in [6.45, 7) is 0. The van der Waals surface area contributed by atoms with Crippen molar-refractivity contribution < 1.29 is 0 Å². The topological polar surface area (TPSA) is 41.3 Å². The maximum atomic E-state index is 5.62. The van der Waals surface area contributed by atoms with Gasteiger partial charge in [-0.15, -0.1) is 0 Å². The van der Waals surface area contributed by atoms with Gasteiger partial charge < -0.3 is 5.32 Å². The average Bonchev–Trinajstić information content (AvgIpc) is 2.31. The summed E-state index contributed by atoms with van der Waals surface area (Å²) in [7, 11) is 0. The van der Waals surface area contributed by atoms with E-state index in [0.717, 1.165) is 17.1 Å². The van der Waals surface area contributed by atoms with Gasteiger partial charge >= 0.3 is 0 Å². The van der Waals surface area contributed by atoms with Crippen LogP contribution in [0.25, 0.3) is 0 Å². The number of nitrogens with one attached hydrogen (secondary N) is 1. The lowest BCUT2D eigenvalue weighted by molar-refractivity contribution is 1.25. The molecule has 0 fully saturated rings. The highest BCUT2D eigenvalue weighted by Crippen LogP contribution is 2.20. The standard InChI is InChI=1S/C12H12IN3/c13-16(14)12-8-6-11(7-9-12)15-10-4-2-1-3-5-10/h1-9,15H,14H2. The van der Waals surface area contributed by atoms with Crippen LogP contribution >= 0.6 is 22.9 Å². The minimum atomic E-state index is 0.971. The molecule has 0 heterocycles. The maximum Gasteiger partial charge on any atom is 0.0765 e. The summed E-state index contributed by atoms with van der Waals surface area (Å²) in [4.78, 5) is 0. The minimum absolute atomic E-state index is 0.971. The zero-order valence-electron chi connectivity index (χ0n) is 8.60. The van der Waals surface area contributed by atoms with Gasteiger partial charge in [-0.2, -0.15) is 0 Å². The highest BCUT2D eigenvalue weighted by atomic mass is 127. The molecule has 0 radical (unpaired) electrons. The van der Waals surface area contributed by atoms with Crippen molar-refractivity contribution in [1.29, 1.82) is 0 Å². The van der Waals surface area contributed by atoms with Crippen molar-refractivity contribution in [3.63, 3.8) is 0 Å². The second kappa shape index (κ2) is 5.18. The smallest absolute Gasteiger partial charge is 0.0765 e. The largest absolute Gasteiger partial charge is 0.356 e. The van der Waals surface area contributed by atoms with E-state index in [1.165, 1.54) is 0 Å². The maximum absolute atomic E-state index is 5.62. The van der Waals surface area contributed by atoms with E-state index in [9.17, 15) is 0 Å². The molecule has 0 aromatic heterocycles. The van der Waals surface area contributed by atoms with Gasteiger partial charge in [-0.25, -0.2) is 5.84 Å². The number of para-hydroxylation sites is 1. The fraction of sp³-hybridized carbons (Fsp3) is 0. The summed E-state index contributed by atoms with van der Waals surface area (Å²) in [6, 6.07) is 18.0. The number of anilines is 3. The SMILES string of the molecule is NN(I)c1ccc(Nc2ccccc2)cc1. The monoisotopic (exact) mass is 325 g/mol. The highest BCUT2D eigenvalue weighted by molar-refractivity contribution is 14.1. The fourth-order valence-corrected chi connectivity index (χ4v) is 1.70. The third-order valence-electron chi connectivity index (χ3n) is 2.18. The van der Waals surface area contributed by atoms with Gasteiger partial charge in [0.1, 0.15) is 0 Å². The van der Waals surface area contributed by atoms with Crippen LogP contribution in [-0.2, 0) is 0 Å². The Bertz CT molecular complexity index is 440. The normalized spacial score (nSPS) is 9.88. The predicted molar refractivity (Wildman–Crippen MR) is 76.9 cm³/mol. The molecule has 4 heteroatoms. The van der Waals surface area contributed by atoms with E-state index in [2.05, 4.69) is 5.32 Å². The van der Waals surface area contributed by atoms with E-state index in [1.807, 2.05) is 77.5 Å². The average molecular weight is 325 g/mol. The van der Waals surface area contributed by atoms with Crippen molar-refractivity contribution in [2.45, 2.75) is 0 Å². The van der Waals surface area contributed by atoms with E-state index in [1.54, 1.807) is 3.22 Å². The first-order chi connectivity index (χ1) is 7.75. The highest BCUT2D eigenvalue weighted by Gasteiger charge is 1.97. The third kappa shape index (κ3) is 2.86. The zero-order valence-corrected chi connectivity index (χ0v) is 10.8. The summed E-state index contributed by atoms with van der Waals surface area (Å²) < 4.78 is 1.56. The third-order valence-corrected chi connectivity index (χ3v) is 2.73. The molecule has 16 heavy (non-hydrogen) atoms. The first kappa shape index (κ1) is 11.2. The lowest BCUT2D eigenvalue weighted by Gasteiger charge is -2.10. The molecule has 0 unspecified atom stereocenters. The van der Waals surface area contributed by atoms with Gasteiger partial charge in [-0.1, -0.05) is 18.2 Å². The van der Waals surface area contributed by atoms with Gasteiger partial charge in [0.2, 0.25) is 0 Å².